The van der Waals surface area contributed by atoms with Gasteiger partial charge in [0.2, 0.25) is 0 Å². The van der Waals surface area contributed by atoms with Gasteiger partial charge in [0.15, 0.2) is 0 Å². The largest absolute Gasteiger partial charge is 0.377 e. The zero-order chi connectivity index (χ0) is 13.9. The van der Waals surface area contributed by atoms with Crippen LogP contribution in [0, 0.1) is 0 Å². The van der Waals surface area contributed by atoms with Gasteiger partial charge in [0, 0.05) is 6.61 Å². The number of rotatable bonds is 10. The van der Waals surface area contributed by atoms with E-state index in [-0.39, 0.29) is 12.1 Å². The molecule has 1 N–H and O–H groups in total. The fraction of sp³-hybridized carbons (Fsp3) is 0.647. The van der Waals surface area contributed by atoms with Crippen molar-refractivity contribution in [1.29, 1.82) is 0 Å². The molecule has 0 aliphatic rings. The lowest BCUT2D eigenvalue weighted by molar-refractivity contribution is 0.0365. The Labute approximate surface area is 118 Å². The normalized spacial score (nSPS) is 14.3. The number of hydrogen-bond acceptors (Lipinski definition) is 2. The average molecular weight is 263 g/mol. The molecule has 0 aliphatic carbocycles. The van der Waals surface area contributed by atoms with E-state index in [0.29, 0.717) is 0 Å². The summed E-state index contributed by atoms with van der Waals surface area (Å²) in [6, 6.07) is 10.9. The van der Waals surface area contributed by atoms with E-state index < -0.39 is 0 Å². The van der Waals surface area contributed by atoms with Crippen LogP contribution < -0.4 is 5.32 Å². The maximum Gasteiger partial charge on any atom is 0.0741 e. The lowest BCUT2D eigenvalue weighted by Gasteiger charge is -2.25. The first-order valence-corrected chi connectivity index (χ1v) is 7.69. The van der Waals surface area contributed by atoms with Crippen molar-refractivity contribution in [2.24, 2.45) is 0 Å². The molecule has 19 heavy (non-hydrogen) atoms. The number of unbranched alkanes of at least 4 members (excludes halogenated alkanes) is 3. The van der Waals surface area contributed by atoms with Gasteiger partial charge in [-0.1, -0.05) is 63.4 Å². The molecule has 2 unspecified atom stereocenters. The van der Waals surface area contributed by atoms with E-state index in [0.717, 1.165) is 13.2 Å². The first-order valence-electron chi connectivity index (χ1n) is 7.69. The Morgan fingerprint density at radius 1 is 1.05 bits per heavy atom. The first kappa shape index (κ1) is 16.2. The minimum atomic E-state index is 0.212. The molecule has 0 radical (unpaired) electrons. The Hall–Kier alpha value is -0.860. The quantitative estimate of drug-likeness (QED) is 0.635. The molecular formula is C17H29NO. The molecule has 0 saturated heterocycles. The minimum absolute atomic E-state index is 0.212. The number of benzene rings is 1. The summed E-state index contributed by atoms with van der Waals surface area (Å²) < 4.78 is 6.00. The maximum atomic E-state index is 6.00. The Balaban J connectivity index is 2.42. The van der Waals surface area contributed by atoms with Crippen molar-refractivity contribution >= 4 is 0 Å². The predicted molar refractivity (Wildman–Crippen MR) is 82.4 cm³/mol. The van der Waals surface area contributed by atoms with Gasteiger partial charge in [0.05, 0.1) is 12.1 Å². The van der Waals surface area contributed by atoms with Gasteiger partial charge < -0.3 is 10.1 Å². The van der Waals surface area contributed by atoms with E-state index in [4.69, 9.17) is 4.74 Å². The monoisotopic (exact) mass is 263 g/mol. The minimum Gasteiger partial charge on any atom is -0.377 e. The molecule has 0 aromatic heterocycles. The summed E-state index contributed by atoms with van der Waals surface area (Å²) in [6.07, 6.45) is 5.25. The number of ether oxygens (including phenoxy) is 1. The Morgan fingerprint density at radius 3 is 2.42 bits per heavy atom. The van der Waals surface area contributed by atoms with E-state index >= 15 is 0 Å². The molecule has 0 heterocycles. The van der Waals surface area contributed by atoms with Gasteiger partial charge in [-0.05, 0) is 25.5 Å². The van der Waals surface area contributed by atoms with Crippen LogP contribution in [0.1, 0.15) is 58.1 Å². The summed E-state index contributed by atoms with van der Waals surface area (Å²) in [5, 5.41) is 3.53. The molecule has 0 amide bonds. The van der Waals surface area contributed by atoms with Gasteiger partial charge in [-0.3, -0.25) is 0 Å². The van der Waals surface area contributed by atoms with Crippen LogP contribution in [0.4, 0.5) is 0 Å². The van der Waals surface area contributed by atoms with Crippen molar-refractivity contribution in [2.75, 3.05) is 13.2 Å². The van der Waals surface area contributed by atoms with Crippen LogP contribution in [-0.2, 0) is 4.74 Å². The van der Waals surface area contributed by atoms with E-state index in [2.05, 4.69) is 56.4 Å². The zero-order valence-corrected chi connectivity index (χ0v) is 12.7. The van der Waals surface area contributed by atoms with Crippen molar-refractivity contribution < 1.29 is 4.74 Å². The lowest BCUT2D eigenvalue weighted by atomic mass is 10.0. The Morgan fingerprint density at radius 2 is 1.79 bits per heavy atom. The van der Waals surface area contributed by atoms with Crippen molar-refractivity contribution in [2.45, 2.75) is 58.6 Å². The second-order valence-corrected chi connectivity index (χ2v) is 5.08. The highest BCUT2D eigenvalue weighted by Gasteiger charge is 2.18. The molecule has 2 nitrogen and oxygen atoms in total. The molecule has 2 atom stereocenters. The molecule has 108 valence electrons. The van der Waals surface area contributed by atoms with Crippen LogP contribution in [-0.4, -0.2) is 19.3 Å². The fourth-order valence-corrected chi connectivity index (χ4v) is 2.33. The third-order valence-corrected chi connectivity index (χ3v) is 3.43. The molecule has 0 fully saturated rings. The Kier molecular flexibility index (Phi) is 8.52. The highest BCUT2D eigenvalue weighted by molar-refractivity contribution is 5.19. The lowest BCUT2D eigenvalue weighted by Crippen LogP contribution is -2.32. The van der Waals surface area contributed by atoms with Crippen molar-refractivity contribution in [1.82, 2.24) is 5.32 Å². The summed E-state index contributed by atoms with van der Waals surface area (Å²) in [6.45, 7) is 8.38. The van der Waals surface area contributed by atoms with Gasteiger partial charge in [0.1, 0.15) is 0 Å². The van der Waals surface area contributed by atoms with Gasteiger partial charge in [-0.15, -0.1) is 0 Å². The van der Waals surface area contributed by atoms with Gasteiger partial charge in [0.25, 0.3) is 0 Å². The average Bonchev–Trinajstić information content (AvgIpc) is 2.45. The van der Waals surface area contributed by atoms with Gasteiger partial charge in [-0.2, -0.15) is 0 Å². The molecule has 0 bridgehead atoms. The van der Waals surface area contributed by atoms with Crippen molar-refractivity contribution in [3.63, 3.8) is 0 Å². The van der Waals surface area contributed by atoms with Crippen LogP contribution >= 0.6 is 0 Å². The van der Waals surface area contributed by atoms with Crippen LogP contribution in [0.3, 0.4) is 0 Å². The van der Waals surface area contributed by atoms with Crippen LogP contribution in [0.25, 0.3) is 0 Å². The summed E-state index contributed by atoms with van der Waals surface area (Å²) in [4.78, 5) is 0. The number of likely N-dealkylation sites (N-methyl/N-ethyl adjacent to an activating group) is 1. The first-order chi connectivity index (χ1) is 9.29. The standard InChI is InChI=1S/C17H29NO/c1-4-6-7-11-14-19-15(3)17(18-5-2)16-12-9-8-10-13-16/h8-10,12-13,15,17-18H,4-7,11,14H2,1-3H3. The van der Waals surface area contributed by atoms with Crippen LogP contribution in [0.15, 0.2) is 30.3 Å². The van der Waals surface area contributed by atoms with E-state index in [1.165, 1.54) is 31.2 Å². The SMILES string of the molecule is CCCCCCOC(C)C(NCC)c1ccccc1. The zero-order valence-electron chi connectivity index (χ0n) is 12.7. The van der Waals surface area contributed by atoms with Crippen LogP contribution in [0.5, 0.6) is 0 Å². The highest BCUT2D eigenvalue weighted by atomic mass is 16.5. The summed E-state index contributed by atoms with van der Waals surface area (Å²) >= 11 is 0. The smallest absolute Gasteiger partial charge is 0.0741 e. The molecule has 0 saturated carbocycles. The third kappa shape index (κ3) is 6.22. The third-order valence-electron chi connectivity index (χ3n) is 3.43. The number of nitrogens with one attached hydrogen (secondary N) is 1. The summed E-state index contributed by atoms with van der Waals surface area (Å²) in [7, 11) is 0. The Bertz CT molecular complexity index is 312. The van der Waals surface area contributed by atoms with Crippen molar-refractivity contribution in [3.05, 3.63) is 35.9 Å². The second-order valence-electron chi connectivity index (χ2n) is 5.08. The highest BCUT2D eigenvalue weighted by Crippen LogP contribution is 2.19. The van der Waals surface area contributed by atoms with E-state index in [1.54, 1.807) is 0 Å². The van der Waals surface area contributed by atoms with Crippen molar-refractivity contribution in [3.8, 4) is 0 Å². The van der Waals surface area contributed by atoms with E-state index in [1.807, 2.05) is 0 Å². The number of hydrogen-bond donors (Lipinski definition) is 1. The van der Waals surface area contributed by atoms with E-state index in [9.17, 15) is 0 Å². The summed E-state index contributed by atoms with van der Waals surface area (Å²) in [5.41, 5.74) is 1.31. The molecule has 2 heteroatoms. The summed E-state index contributed by atoms with van der Waals surface area (Å²) in [5.74, 6) is 0. The molecule has 0 aliphatic heterocycles. The topological polar surface area (TPSA) is 21.3 Å². The molecule has 1 rings (SSSR count). The molecular weight excluding hydrogens is 234 g/mol. The van der Waals surface area contributed by atoms with Gasteiger partial charge >= 0.3 is 0 Å². The van der Waals surface area contributed by atoms with Gasteiger partial charge in [-0.25, -0.2) is 0 Å². The fourth-order valence-electron chi connectivity index (χ4n) is 2.33. The predicted octanol–water partition coefficient (Wildman–Crippen LogP) is 4.32. The molecule has 1 aromatic rings. The van der Waals surface area contributed by atoms with Crippen LogP contribution in [0.2, 0.25) is 0 Å². The second kappa shape index (κ2) is 9.99. The maximum absolute atomic E-state index is 6.00. The molecule has 0 spiro atoms. The molecule has 1 aromatic carbocycles.